The number of Topliss-reactive ketones (excluding diaryl/α,β-unsaturated/α-hetero) is 1. The maximum atomic E-state index is 14.4. The first-order valence-electron chi connectivity index (χ1n) is 20.7. The third-order valence-corrected chi connectivity index (χ3v) is 9.45. The Kier molecular flexibility index (Phi) is 21.8. The van der Waals surface area contributed by atoms with Crippen molar-refractivity contribution < 1.29 is 28.5 Å². The molecule has 51 heavy (non-hydrogen) atoms. The van der Waals surface area contributed by atoms with Crippen LogP contribution in [-0.2, 0) is 6.42 Å². The van der Waals surface area contributed by atoms with Crippen molar-refractivity contribution in [2.75, 3.05) is 0 Å². The first-order chi connectivity index (χ1) is 24.5. The number of carbonyl (C=O) groups is 1. The Morgan fingerprint density at radius 2 is 0.941 bits per heavy atom. The average molecular weight is 711 g/mol. The summed E-state index contributed by atoms with van der Waals surface area (Å²) in [5, 5.41) is 0. The van der Waals surface area contributed by atoms with Crippen molar-refractivity contribution in [1.82, 2.24) is 0 Å². The largest absolute Gasteiger partial charge is 0.491 e. The summed E-state index contributed by atoms with van der Waals surface area (Å²) in [5.74, 6) is 3.41. The van der Waals surface area contributed by atoms with Gasteiger partial charge in [0.15, 0.2) is 17.3 Å². The van der Waals surface area contributed by atoms with Crippen LogP contribution < -0.4 is 23.7 Å². The van der Waals surface area contributed by atoms with Gasteiger partial charge in [0.1, 0.15) is 17.2 Å². The first kappa shape index (κ1) is 44.3. The minimum absolute atomic E-state index is 0.00182. The van der Waals surface area contributed by atoms with Crippen molar-refractivity contribution in [3.63, 3.8) is 0 Å². The summed E-state index contributed by atoms with van der Waals surface area (Å²) in [4.78, 5) is 14.4. The Morgan fingerprint density at radius 1 is 0.510 bits per heavy atom. The lowest BCUT2D eigenvalue weighted by atomic mass is 10.00. The van der Waals surface area contributed by atoms with Gasteiger partial charge in [0, 0.05) is 12.5 Å². The van der Waals surface area contributed by atoms with Crippen LogP contribution in [0.4, 0.5) is 0 Å². The average Bonchev–Trinajstić information content (AvgIpc) is 3.11. The second-order valence-electron chi connectivity index (χ2n) is 14.8. The highest BCUT2D eigenvalue weighted by molar-refractivity contribution is 6.00. The minimum atomic E-state index is -0.0619. The number of unbranched alkanes of at least 4 members (excludes halogenated alkanes) is 5. The van der Waals surface area contributed by atoms with E-state index in [2.05, 4.69) is 75.3 Å². The zero-order valence-electron chi connectivity index (χ0n) is 34.2. The van der Waals surface area contributed by atoms with Crippen LogP contribution in [0.3, 0.4) is 0 Å². The van der Waals surface area contributed by atoms with E-state index in [9.17, 15) is 4.79 Å². The van der Waals surface area contributed by atoms with Gasteiger partial charge in [0.2, 0.25) is 0 Å². The van der Waals surface area contributed by atoms with E-state index in [0.29, 0.717) is 29.2 Å². The summed E-state index contributed by atoms with van der Waals surface area (Å²) in [7, 11) is 0. The van der Waals surface area contributed by atoms with Crippen LogP contribution in [0.5, 0.6) is 28.7 Å². The summed E-state index contributed by atoms with van der Waals surface area (Å²) in [5.41, 5.74) is 1.51. The highest BCUT2D eigenvalue weighted by Gasteiger charge is 2.25. The summed E-state index contributed by atoms with van der Waals surface area (Å²) >= 11 is 0. The SMILES string of the molecule is CCCCC(C)Oc1ccc(OC(C)CCCC)c(CCC(=O)c2cc(OC(C)CCCC)cc(OC(C)CCCC)c2OC(C)CCCC)c1. The third-order valence-electron chi connectivity index (χ3n) is 9.45. The highest BCUT2D eigenvalue weighted by atomic mass is 16.5. The molecule has 0 saturated carbocycles. The number of ketones is 1. The third kappa shape index (κ3) is 17.0. The highest BCUT2D eigenvalue weighted by Crippen LogP contribution is 2.40. The summed E-state index contributed by atoms with van der Waals surface area (Å²) in [6.07, 6.45) is 16.7. The van der Waals surface area contributed by atoms with Gasteiger partial charge < -0.3 is 23.7 Å². The van der Waals surface area contributed by atoms with Crippen LogP contribution in [0.1, 0.15) is 188 Å². The standard InChI is InChI=1S/C45H74O6/c1-11-16-21-33(6)47-39-27-29-43(49-35(8)23-18-13-3)38(30-39)26-28-42(46)41-31-40(48-34(7)22-17-12-2)32-44(50-36(9)24-19-14-4)45(41)51-37(10)25-20-15-5/h27,29-37H,11-26,28H2,1-10H3. The maximum absolute atomic E-state index is 14.4. The fraction of sp³-hybridized carbons (Fsp3) is 0.711. The summed E-state index contributed by atoms with van der Waals surface area (Å²) in [6, 6.07) is 9.91. The van der Waals surface area contributed by atoms with Gasteiger partial charge in [-0.1, -0.05) is 98.8 Å². The zero-order chi connectivity index (χ0) is 37.6. The van der Waals surface area contributed by atoms with Crippen molar-refractivity contribution in [1.29, 1.82) is 0 Å². The fourth-order valence-corrected chi connectivity index (χ4v) is 6.24. The molecule has 0 spiro atoms. The van der Waals surface area contributed by atoms with Crippen molar-refractivity contribution in [2.45, 2.75) is 209 Å². The second-order valence-corrected chi connectivity index (χ2v) is 14.8. The van der Waals surface area contributed by atoms with Crippen molar-refractivity contribution >= 4 is 5.78 Å². The lowest BCUT2D eigenvalue weighted by Crippen LogP contribution is -2.19. The number of hydrogen-bond acceptors (Lipinski definition) is 6. The Balaban J connectivity index is 2.54. The molecule has 2 aromatic carbocycles. The first-order valence-corrected chi connectivity index (χ1v) is 20.7. The van der Waals surface area contributed by atoms with Gasteiger partial charge in [-0.05, 0) is 103 Å². The minimum Gasteiger partial charge on any atom is -0.491 e. The number of hydrogen-bond donors (Lipinski definition) is 0. The van der Waals surface area contributed by atoms with Gasteiger partial charge in [-0.15, -0.1) is 0 Å². The molecule has 0 radical (unpaired) electrons. The Labute approximate surface area is 312 Å². The Morgan fingerprint density at radius 3 is 1.43 bits per heavy atom. The smallest absolute Gasteiger partial charge is 0.172 e. The fourth-order valence-electron chi connectivity index (χ4n) is 6.24. The van der Waals surface area contributed by atoms with Crippen LogP contribution >= 0.6 is 0 Å². The van der Waals surface area contributed by atoms with Gasteiger partial charge in [0.25, 0.3) is 0 Å². The van der Waals surface area contributed by atoms with Crippen molar-refractivity contribution in [2.24, 2.45) is 0 Å². The van der Waals surface area contributed by atoms with E-state index in [1.807, 2.05) is 24.3 Å². The Bertz CT molecular complexity index is 1240. The molecule has 0 aromatic heterocycles. The van der Waals surface area contributed by atoms with Crippen LogP contribution in [-0.4, -0.2) is 36.3 Å². The molecular formula is C45H74O6. The maximum Gasteiger partial charge on any atom is 0.172 e. The second kappa shape index (κ2) is 25.1. The molecule has 0 aliphatic heterocycles. The van der Waals surface area contributed by atoms with Gasteiger partial charge >= 0.3 is 0 Å². The number of ether oxygens (including phenoxy) is 5. The molecule has 6 nitrogen and oxygen atoms in total. The zero-order valence-corrected chi connectivity index (χ0v) is 34.2. The van der Waals surface area contributed by atoms with Gasteiger partial charge in [-0.2, -0.15) is 0 Å². The number of benzene rings is 2. The normalized spacial score (nSPS) is 14.3. The number of aryl methyl sites for hydroxylation is 1. The molecule has 0 aliphatic rings. The molecule has 0 amide bonds. The van der Waals surface area contributed by atoms with Crippen LogP contribution in [0.25, 0.3) is 0 Å². The van der Waals surface area contributed by atoms with Crippen LogP contribution in [0.2, 0.25) is 0 Å². The molecule has 0 bridgehead atoms. The molecule has 6 heteroatoms. The molecule has 2 aromatic rings. The number of carbonyl (C=O) groups excluding carboxylic acids is 1. The van der Waals surface area contributed by atoms with Gasteiger partial charge in [-0.25, -0.2) is 0 Å². The molecule has 2 rings (SSSR count). The van der Waals surface area contributed by atoms with E-state index in [-0.39, 0.29) is 42.7 Å². The number of rotatable bonds is 29. The van der Waals surface area contributed by atoms with E-state index in [1.54, 1.807) is 0 Å². The van der Waals surface area contributed by atoms with Gasteiger partial charge in [-0.3, -0.25) is 4.79 Å². The molecule has 0 N–H and O–H groups in total. The predicted molar refractivity (Wildman–Crippen MR) is 214 cm³/mol. The molecular weight excluding hydrogens is 636 g/mol. The molecule has 0 aliphatic carbocycles. The van der Waals surface area contributed by atoms with E-state index in [0.717, 1.165) is 113 Å². The lowest BCUT2D eigenvalue weighted by molar-refractivity contribution is 0.0969. The topological polar surface area (TPSA) is 63.2 Å². The molecule has 5 unspecified atom stereocenters. The predicted octanol–water partition coefficient (Wildman–Crippen LogP) is 13.3. The molecule has 0 fully saturated rings. The van der Waals surface area contributed by atoms with E-state index >= 15 is 0 Å². The Hall–Kier alpha value is -2.89. The van der Waals surface area contributed by atoms with E-state index in [1.165, 1.54) is 0 Å². The molecule has 0 saturated heterocycles. The molecule has 5 atom stereocenters. The monoisotopic (exact) mass is 711 g/mol. The quantitative estimate of drug-likeness (QED) is 0.0783. The summed E-state index contributed by atoms with van der Waals surface area (Å²) in [6.45, 7) is 21.5. The van der Waals surface area contributed by atoms with Crippen LogP contribution in [0, 0.1) is 0 Å². The van der Waals surface area contributed by atoms with Crippen molar-refractivity contribution in [3.05, 3.63) is 41.5 Å². The molecule has 0 heterocycles. The summed E-state index contributed by atoms with van der Waals surface area (Å²) < 4.78 is 32.5. The van der Waals surface area contributed by atoms with E-state index in [4.69, 9.17) is 23.7 Å². The van der Waals surface area contributed by atoms with Gasteiger partial charge in [0.05, 0.1) is 36.1 Å². The molecule has 290 valence electrons. The van der Waals surface area contributed by atoms with Crippen LogP contribution in [0.15, 0.2) is 30.3 Å². The van der Waals surface area contributed by atoms with Crippen molar-refractivity contribution in [3.8, 4) is 28.7 Å². The lowest BCUT2D eigenvalue weighted by Gasteiger charge is -2.24. The van der Waals surface area contributed by atoms with E-state index < -0.39 is 0 Å².